The molecule has 31 heavy (non-hydrogen) atoms. The second-order valence-corrected chi connectivity index (χ2v) is 11.0. The summed E-state index contributed by atoms with van der Waals surface area (Å²) in [5, 5.41) is 10.4. The summed E-state index contributed by atoms with van der Waals surface area (Å²) in [6.07, 6.45) is 2.80. The van der Waals surface area contributed by atoms with Crippen molar-refractivity contribution in [2.45, 2.75) is 31.1 Å². The lowest BCUT2D eigenvalue weighted by molar-refractivity contribution is 0.0703. The number of halogens is 1. The molecule has 4 rings (SSSR count). The van der Waals surface area contributed by atoms with E-state index in [-0.39, 0.29) is 9.77 Å². The zero-order valence-corrected chi connectivity index (χ0v) is 19.4. The van der Waals surface area contributed by atoms with Crippen molar-refractivity contribution in [3.63, 3.8) is 0 Å². The molecule has 0 bridgehead atoms. The van der Waals surface area contributed by atoms with Crippen LogP contribution in [0.3, 0.4) is 0 Å². The minimum absolute atomic E-state index is 0.231. The number of carboxylic acid groups (broad SMARTS) is 1. The van der Waals surface area contributed by atoms with E-state index in [1.165, 1.54) is 15.6 Å². The van der Waals surface area contributed by atoms with Gasteiger partial charge in [0.25, 0.3) is 0 Å². The molecule has 1 N–H and O–H groups in total. The molecular formula is C23H22ClNO4S2. The van der Waals surface area contributed by atoms with Gasteiger partial charge >= 0.3 is 5.97 Å². The number of hydrogen-bond acceptors (Lipinski definition) is 4. The Morgan fingerprint density at radius 2 is 1.55 bits per heavy atom. The SMILES string of the molecule is Cc1c(-c2ccc(Cl)cc2)sc(C(=O)O)c1-c1ccc(S(=O)(=O)N2CCCCC2)cc1. The van der Waals surface area contributed by atoms with Gasteiger partial charge in [-0.15, -0.1) is 11.3 Å². The molecule has 0 unspecified atom stereocenters. The van der Waals surface area contributed by atoms with Crippen LogP contribution < -0.4 is 0 Å². The number of piperidine rings is 1. The number of aromatic carboxylic acids is 1. The predicted octanol–water partition coefficient (Wildman–Crippen LogP) is 5.92. The van der Waals surface area contributed by atoms with Crippen LogP contribution in [-0.2, 0) is 10.0 Å². The molecule has 2 heterocycles. The van der Waals surface area contributed by atoms with E-state index in [4.69, 9.17) is 11.6 Å². The molecule has 0 aliphatic carbocycles. The van der Waals surface area contributed by atoms with Gasteiger partial charge in [-0.25, -0.2) is 13.2 Å². The maximum atomic E-state index is 12.9. The summed E-state index contributed by atoms with van der Waals surface area (Å²) in [4.78, 5) is 13.3. The number of sulfonamides is 1. The van der Waals surface area contributed by atoms with Crippen LogP contribution in [0.2, 0.25) is 5.02 Å². The van der Waals surface area contributed by atoms with Crippen LogP contribution >= 0.6 is 22.9 Å². The normalized spacial score (nSPS) is 15.2. The number of carbonyl (C=O) groups is 1. The Bertz CT molecular complexity index is 1210. The van der Waals surface area contributed by atoms with Crippen LogP contribution in [0.25, 0.3) is 21.6 Å². The minimum atomic E-state index is -3.53. The molecule has 1 aliphatic heterocycles. The first-order chi connectivity index (χ1) is 14.8. The summed E-state index contributed by atoms with van der Waals surface area (Å²) < 4.78 is 27.4. The number of thiophene rings is 1. The molecule has 0 amide bonds. The Kier molecular flexibility index (Phi) is 6.21. The minimum Gasteiger partial charge on any atom is -0.477 e. The van der Waals surface area contributed by atoms with Crippen molar-refractivity contribution >= 4 is 38.9 Å². The van der Waals surface area contributed by atoms with Crippen molar-refractivity contribution in [2.24, 2.45) is 0 Å². The van der Waals surface area contributed by atoms with Gasteiger partial charge in [-0.1, -0.05) is 42.3 Å². The summed E-state index contributed by atoms with van der Waals surface area (Å²) in [6, 6.07) is 13.8. The van der Waals surface area contributed by atoms with Crippen LogP contribution in [0.4, 0.5) is 0 Å². The lowest BCUT2D eigenvalue weighted by atomic mass is 9.99. The first kappa shape index (κ1) is 22.0. The Labute approximate surface area is 191 Å². The van der Waals surface area contributed by atoms with Gasteiger partial charge in [0.15, 0.2) is 0 Å². The molecule has 0 spiro atoms. The predicted molar refractivity (Wildman–Crippen MR) is 125 cm³/mol. The van der Waals surface area contributed by atoms with Crippen LogP contribution in [0.1, 0.15) is 34.5 Å². The topological polar surface area (TPSA) is 74.7 Å². The number of carboxylic acids is 1. The standard InChI is InChI=1S/C23H22ClNO4S2/c1-15-20(22(23(26)27)30-21(15)17-5-9-18(24)10-6-17)16-7-11-19(12-8-16)31(28,29)25-13-3-2-4-14-25/h5-12H,2-4,13-14H2,1H3,(H,26,27). The molecule has 0 atom stereocenters. The third-order valence-corrected chi connectivity index (χ3v) is 9.04. The summed E-state index contributed by atoms with van der Waals surface area (Å²) in [6.45, 7) is 2.98. The Morgan fingerprint density at radius 1 is 0.968 bits per heavy atom. The van der Waals surface area contributed by atoms with E-state index in [0.717, 1.165) is 35.3 Å². The fraction of sp³-hybridized carbons (Fsp3) is 0.261. The second kappa shape index (κ2) is 8.74. The summed E-state index contributed by atoms with van der Waals surface area (Å²) in [5.41, 5.74) is 3.04. The average molecular weight is 476 g/mol. The highest BCUT2D eigenvalue weighted by molar-refractivity contribution is 7.89. The molecule has 0 radical (unpaired) electrons. The lowest BCUT2D eigenvalue weighted by Gasteiger charge is -2.25. The number of hydrogen-bond donors (Lipinski definition) is 1. The third kappa shape index (κ3) is 4.28. The molecule has 1 fully saturated rings. The van der Waals surface area contributed by atoms with Crippen molar-refractivity contribution in [1.82, 2.24) is 4.31 Å². The van der Waals surface area contributed by atoms with Gasteiger partial charge in [0, 0.05) is 28.6 Å². The van der Waals surface area contributed by atoms with Crippen LogP contribution in [-0.4, -0.2) is 36.9 Å². The van der Waals surface area contributed by atoms with Crippen LogP contribution in [0.15, 0.2) is 53.4 Å². The quantitative estimate of drug-likeness (QED) is 0.497. The molecule has 5 nitrogen and oxygen atoms in total. The fourth-order valence-corrected chi connectivity index (χ4v) is 6.75. The van der Waals surface area contributed by atoms with E-state index in [1.54, 1.807) is 36.4 Å². The smallest absolute Gasteiger partial charge is 0.346 e. The van der Waals surface area contributed by atoms with E-state index in [0.29, 0.717) is 29.2 Å². The molecule has 2 aromatic carbocycles. The zero-order valence-electron chi connectivity index (χ0n) is 17.0. The van der Waals surface area contributed by atoms with Crippen molar-refractivity contribution < 1.29 is 18.3 Å². The second-order valence-electron chi connectivity index (χ2n) is 7.56. The van der Waals surface area contributed by atoms with E-state index in [2.05, 4.69) is 0 Å². The van der Waals surface area contributed by atoms with Gasteiger partial charge in [0.1, 0.15) is 4.88 Å². The largest absolute Gasteiger partial charge is 0.477 e. The number of rotatable bonds is 5. The Morgan fingerprint density at radius 3 is 2.13 bits per heavy atom. The maximum absolute atomic E-state index is 12.9. The molecule has 0 saturated carbocycles. The van der Waals surface area contributed by atoms with Gasteiger partial charge in [-0.05, 0) is 60.7 Å². The molecule has 1 aromatic heterocycles. The van der Waals surface area contributed by atoms with Crippen LogP contribution in [0, 0.1) is 6.92 Å². The van der Waals surface area contributed by atoms with Crippen molar-refractivity contribution in [1.29, 1.82) is 0 Å². The highest BCUT2D eigenvalue weighted by Crippen LogP contribution is 2.42. The molecule has 1 aliphatic rings. The Hall–Kier alpha value is -2.19. The van der Waals surface area contributed by atoms with Gasteiger partial charge < -0.3 is 5.11 Å². The monoisotopic (exact) mass is 475 g/mol. The third-order valence-electron chi connectivity index (χ3n) is 5.54. The van der Waals surface area contributed by atoms with Gasteiger partial charge in [0.05, 0.1) is 4.90 Å². The van der Waals surface area contributed by atoms with Gasteiger partial charge in [-0.3, -0.25) is 0 Å². The summed E-state index contributed by atoms with van der Waals surface area (Å²) in [7, 11) is -3.53. The molecular weight excluding hydrogens is 454 g/mol. The van der Waals surface area contributed by atoms with Crippen molar-refractivity contribution in [3.05, 3.63) is 64.0 Å². The summed E-state index contributed by atoms with van der Waals surface area (Å²) in [5.74, 6) is -1.01. The van der Waals surface area contributed by atoms with Gasteiger partial charge in [-0.2, -0.15) is 4.31 Å². The fourth-order valence-electron chi connectivity index (χ4n) is 3.94. The molecule has 1 saturated heterocycles. The van der Waals surface area contributed by atoms with Crippen molar-refractivity contribution in [3.8, 4) is 21.6 Å². The molecule has 8 heteroatoms. The van der Waals surface area contributed by atoms with E-state index < -0.39 is 16.0 Å². The lowest BCUT2D eigenvalue weighted by Crippen LogP contribution is -2.35. The molecule has 162 valence electrons. The van der Waals surface area contributed by atoms with Crippen LogP contribution in [0.5, 0.6) is 0 Å². The molecule has 3 aromatic rings. The number of benzene rings is 2. The first-order valence-corrected chi connectivity index (χ1v) is 12.7. The maximum Gasteiger partial charge on any atom is 0.346 e. The van der Waals surface area contributed by atoms with E-state index in [9.17, 15) is 18.3 Å². The highest BCUT2D eigenvalue weighted by atomic mass is 35.5. The van der Waals surface area contributed by atoms with Gasteiger partial charge in [0.2, 0.25) is 10.0 Å². The average Bonchev–Trinajstić information content (AvgIpc) is 3.12. The number of nitrogens with zero attached hydrogens (tertiary/aromatic N) is 1. The van der Waals surface area contributed by atoms with E-state index >= 15 is 0 Å². The van der Waals surface area contributed by atoms with Crippen molar-refractivity contribution in [2.75, 3.05) is 13.1 Å². The zero-order chi connectivity index (χ0) is 22.2. The first-order valence-electron chi connectivity index (χ1n) is 10.0. The summed E-state index contributed by atoms with van der Waals surface area (Å²) >= 11 is 7.20. The highest BCUT2D eigenvalue weighted by Gasteiger charge is 2.27. The Balaban J connectivity index is 1.74. The van der Waals surface area contributed by atoms with E-state index in [1.807, 2.05) is 19.1 Å².